The smallest absolute Gasteiger partial charge is 0.220 e. The van der Waals surface area contributed by atoms with E-state index in [0.29, 0.717) is 18.9 Å². The maximum Gasteiger partial charge on any atom is 0.220 e. The third-order valence-corrected chi connectivity index (χ3v) is 4.74. The van der Waals surface area contributed by atoms with Crippen LogP contribution < -0.4 is 10.6 Å². The fraction of sp³-hybridized carbons (Fsp3) is 0.474. The topological polar surface area (TPSA) is 59.0 Å². The Hall–Kier alpha value is -1.56. The first-order chi connectivity index (χ1) is 11.8. The zero-order valence-corrected chi connectivity index (χ0v) is 16.5. The van der Waals surface area contributed by atoms with Crippen molar-refractivity contribution in [2.24, 2.45) is 5.92 Å². The van der Waals surface area contributed by atoms with E-state index >= 15 is 0 Å². The number of imidazole rings is 1. The number of benzene rings is 1. The molecule has 2 N–H and O–H groups in total. The van der Waals surface area contributed by atoms with Crippen LogP contribution in [0.2, 0.25) is 0 Å². The summed E-state index contributed by atoms with van der Waals surface area (Å²) in [6, 6.07) is 8.25. The molecule has 1 amide bonds. The Balaban J connectivity index is 0.00000169. The van der Waals surface area contributed by atoms with Crippen LogP contribution in [0.25, 0.3) is 0 Å². The number of nitrogens with zero attached hydrogens (tertiary/aromatic N) is 2. The Morgan fingerprint density at radius 1 is 1.19 bits per heavy atom. The molecule has 1 saturated heterocycles. The van der Waals surface area contributed by atoms with Gasteiger partial charge in [-0.25, -0.2) is 4.98 Å². The molecule has 0 atom stereocenters. The average molecular weight is 399 g/mol. The van der Waals surface area contributed by atoms with Gasteiger partial charge < -0.3 is 15.2 Å². The van der Waals surface area contributed by atoms with Crippen molar-refractivity contribution in [2.75, 3.05) is 13.1 Å². The van der Waals surface area contributed by atoms with Crippen molar-refractivity contribution in [3.05, 3.63) is 54.1 Å². The SMILES string of the molecule is Cl.Cl.O=C(CCC1CCNCC1)NCc1ccccc1Cn1ccnc1. The Morgan fingerprint density at radius 3 is 2.62 bits per heavy atom. The first kappa shape index (κ1) is 22.5. The fourth-order valence-electron chi connectivity index (χ4n) is 3.25. The maximum atomic E-state index is 12.1. The molecule has 1 fully saturated rings. The van der Waals surface area contributed by atoms with E-state index in [9.17, 15) is 4.79 Å². The number of rotatable bonds is 7. The lowest BCUT2D eigenvalue weighted by atomic mass is 9.93. The molecule has 1 aromatic heterocycles. The zero-order chi connectivity index (χ0) is 16.6. The van der Waals surface area contributed by atoms with Gasteiger partial charge in [0.2, 0.25) is 5.91 Å². The second-order valence-electron chi connectivity index (χ2n) is 6.51. The lowest BCUT2D eigenvalue weighted by Crippen LogP contribution is -2.29. The average Bonchev–Trinajstić information content (AvgIpc) is 3.13. The van der Waals surface area contributed by atoms with E-state index < -0.39 is 0 Å². The molecule has 144 valence electrons. The Bertz CT molecular complexity index is 643. The quantitative estimate of drug-likeness (QED) is 0.752. The van der Waals surface area contributed by atoms with Gasteiger partial charge in [-0.3, -0.25) is 4.79 Å². The predicted molar refractivity (Wildman–Crippen MR) is 109 cm³/mol. The minimum Gasteiger partial charge on any atom is -0.352 e. The van der Waals surface area contributed by atoms with Crippen LogP contribution in [0.4, 0.5) is 0 Å². The van der Waals surface area contributed by atoms with Crippen molar-refractivity contribution in [1.29, 1.82) is 0 Å². The highest BCUT2D eigenvalue weighted by Gasteiger charge is 2.14. The number of amides is 1. The first-order valence-electron chi connectivity index (χ1n) is 8.81. The molecule has 5 nitrogen and oxygen atoms in total. The summed E-state index contributed by atoms with van der Waals surface area (Å²) in [6.07, 6.45) is 9.58. The van der Waals surface area contributed by atoms with Crippen molar-refractivity contribution in [2.45, 2.75) is 38.8 Å². The summed E-state index contributed by atoms with van der Waals surface area (Å²) in [7, 11) is 0. The van der Waals surface area contributed by atoms with Gasteiger partial charge in [0.25, 0.3) is 0 Å². The van der Waals surface area contributed by atoms with Gasteiger partial charge in [0.1, 0.15) is 0 Å². The largest absolute Gasteiger partial charge is 0.352 e. The van der Waals surface area contributed by atoms with Gasteiger partial charge in [-0.15, -0.1) is 24.8 Å². The summed E-state index contributed by atoms with van der Waals surface area (Å²) >= 11 is 0. The van der Waals surface area contributed by atoms with Crippen molar-refractivity contribution in [3.8, 4) is 0 Å². The van der Waals surface area contributed by atoms with Gasteiger partial charge in [0.15, 0.2) is 0 Å². The zero-order valence-electron chi connectivity index (χ0n) is 14.9. The number of carbonyl (C=O) groups excluding carboxylic acids is 1. The third-order valence-electron chi connectivity index (χ3n) is 4.74. The molecule has 0 bridgehead atoms. The highest BCUT2D eigenvalue weighted by molar-refractivity contribution is 5.85. The molecular weight excluding hydrogens is 371 g/mol. The van der Waals surface area contributed by atoms with E-state index in [1.807, 2.05) is 29.2 Å². The number of hydrogen-bond acceptors (Lipinski definition) is 3. The molecular formula is C19H28Cl2N4O. The Kier molecular flexibility index (Phi) is 10.3. The maximum absolute atomic E-state index is 12.1. The lowest BCUT2D eigenvalue weighted by molar-refractivity contribution is -0.121. The van der Waals surface area contributed by atoms with E-state index in [-0.39, 0.29) is 30.7 Å². The van der Waals surface area contributed by atoms with Crippen LogP contribution in [0.1, 0.15) is 36.8 Å². The summed E-state index contributed by atoms with van der Waals surface area (Å²) in [5, 5.41) is 6.45. The van der Waals surface area contributed by atoms with E-state index in [1.165, 1.54) is 24.0 Å². The van der Waals surface area contributed by atoms with Crippen LogP contribution in [-0.2, 0) is 17.9 Å². The normalized spacial score (nSPS) is 14.2. The fourth-order valence-corrected chi connectivity index (χ4v) is 3.25. The number of aromatic nitrogens is 2. The highest BCUT2D eigenvalue weighted by atomic mass is 35.5. The van der Waals surface area contributed by atoms with Crippen LogP contribution in [-0.4, -0.2) is 28.5 Å². The van der Waals surface area contributed by atoms with Crippen LogP contribution in [0.3, 0.4) is 0 Å². The molecule has 1 aliphatic heterocycles. The molecule has 1 aromatic carbocycles. The minimum absolute atomic E-state index is 0. The summed E-state index contributed by atoms with van der Waals surface area (Å²) in [6.45, 7) is 3.55. The highest BCUT2D eigenvalue weighted by Crippen LogP contribution is 2.17. The van der Waals surface area contributed by atoms with Crippen molar-refractivity contribution >= 4 is 30.7 Å². The molecule has 26 heavy (non-hydrogen) atoms. The Morgan fingerprint density at radius 2 is 1.92 bits per heavy atom. The molecule has 3 rings (SSSR count). The summed E-state index contributed by atoms with van der Waals surface area (Å²) in [5.74, 6) is 0.858. The molecule has 2 heterocycles. The molecule has 0 saturated carbocycles. The van der Waals surface area contributed by atoms with Gasteiger partial charge in [0, 0.05) is 31.9 Å². The van der Waals surface area contributed by atoms with Crippen molar-refractivity contribution in [1.82, 2.24) is 20.2 Å². The third kappa shape index (κ3) is 6.98. The standard InChI is InChI=1S/C19H26N4O.2ClH/c24-19(6-5-16-7-9-20-10-8-16)22-13-17-3-1-2-4-18(17)14-23-12-11-21-15-23;;/h1-4,11-12,15-16,20H,5-10,13-14H2,(H,22,24);2*1H. The summed E-state index contributed by atoms with van der Waals surface area (Å²) < 4.78 is 2.04. The molecule has 0 aliphatic carbocycles. The summed E-state index contributed by atoms with van der Waals surface area (Å²) in [4.78, 5) is 16.2. The molecule has 2 aromatic rings. The van der Waals surface area contributed by atoms with Crippen LogP contribution in [0.5, 0.6) is 0 Å². The molecule has 0 spiro atoms. The number of halogens is 2. The number of carbonyl (C=O) groups is 1. The van der Waals surface area contributed by atoms with Gasteiger partial charge >= 0.3 is 0 Å². The lowest BCUT2D eigenvalue weighted by Gasteiger charge is -2.22. The van der Waals surface area contributed by atoms with Crippen LogP contribution >= 0.6 is 24.8 Å². The predicted octanol–water partition coefficient (Wildman–Crippen LogP) is 3.17. The molecule has 7 heteroatoms. The van der Waals surface area contributed by atoms with E-state index in [0.717, 1.165) is 26.1 Å². The molecule has 0 unspecified atom stereocenters. The van der Waals surface area contributed by atoms with Crippen molar-refractivity contribution in [3.63, 3.8) is 0 Å². The number of nitrogens with one attached hydrogen (secondary N) is 2. The van der Waals surface area contributed by atoms with Gasteiger partial charge in [-0.2, -0.15) is 0 Å². The Labute approximate surface area is 167 Å². The number of hydrogen-bond donors (Lipinski definition) is 2. The van der Waals surface area contributed by atoms with Crippen LogP contribution in [0, 0.1) is 5.92 Å². The second kappa shape index (κ2) is 11.9. The van der Waals surface area contributed by atoms with Crippen LogP contribution in [0.15, 0.2) is 43.0 Å². The molecule has 1 aliphatic rings. The van der Waals surface area contributed by atoms with Gasteiger partial charge in [0.05, 0.1) is 6.33 Å². The van der Waals surface area contributed by atoms with Gasteiger partial charge in [-0.1, -0.05) is 24.3 Å². The van der Waals surface area contributed by atoms with E-state index in [2.05, 4.69) is 27.8 Å². The van der Waals surface area contributed by atoms with Gasteiger partial charge in [-0.05, 0) is 49.4 Å². The first-order valence-corrected chi connectivity index (χ1v) is 8.81. The number of piperidine rings is 1. The second-order valence-corrected chi connectivity index (χ2v) is 6.51. The summed E-state index contributed by atoms with van der Waals surface area (Å²) in [5.41, 5.74) is 2.38. The van der Waals surface area contributed by atoms with Crippen molar-refractivity contribution < 1.29 is 4.79 Å². The molecule has 0 radical (unpaired) electrons. The van der Waals surface area contributed by atoms with E-state index in [4.69, 9.17) is 0 Å². The minimum atomic E-state index is 0. The van der Waals surface area contributed by atoms with E-state index in [1.54, 1.807) is 6.20 Å². The monoisotopic (exact) mass is 398 g/mol.